The fourth-order valence-electron chi connectivity index (χ4n) is 4.60. The molecule has 1 fully saturated rings. The largest absolute Gasteiger partial charge is 0.491 e. The first-order chi connectivity index (χ1) is 12.7. The molecule has 2 N–H and O–H groups in total. The Balaban J connectivity index is 1.68. The quantitative estimate of drug-likeness (QED) is 0.692. The molecule has 4 nitrogen and oxygen atoms in total. The Morgan fingerprint density at radius 2 is 1.96 bits per heavy atom. The van der Waals surface area contributed by atoms with Gasteiger partial charge in [0.25, 0.3) is 0 Å². The molecule has 4 heterocycles. The Kier molecular flexibility index (Phi) is 3.75. The van der Waals surface area contributed by atoms with Gasteiger partial charge in [-0.05, 0) is 75.0 Å². The van der Waals surface area contributed by atoms with Gasteiger partial charge in [0.15, 0.2) is 0 Å². The Morgan fingerprint density at radius 1 is 1.12 bits per heavy atom. The van der Waals surface area contributed by atoms with Gasteiger partial charge in [-0.2, -0.15) is 0 Å². The number of rotatable bonds is 1. The van der Waals surface area contributed by atoms with Crippen molar-refractivity contribution in [3.05, 3.63) is 46.8 Å². The molecule has 0 atom stereocenters. The first-order valence-corrected chi connectivity index (χ1v) is 9.67. The molecule has 134 valence electrons. The molecular weight excluding hydrogens is 322 g/mol. The van der Waals surface area contributed by atoms with Gasteiger partial charge in [0.05, 0.1) is 18.0 Å². The highest BCUT2D eigenvalue weighted by atomic mass is 16.5. The Hall–Kier alpha value is -2.33. The summed E-state index contributed by atoms with van der Waals surface area (Å²) in [6, 6.07) is 9.15. The summed E-state index contributed by atoms with van der Waals surface area (Å²) in [4.78, 5) is 8.26. The summed E-state index contributed by atoms with van der Waals surface area (Å²) in [6.07, 6.45) is 3.39. The number of benzene rings is 1. The molecule has 0 unspecified atom stereocenters. The van der Waals surface area contributed by atoms with Crippen molar-refractivity contribution in [1.82, 2.24) is 15.3 Å². The highest BCUT2D eigenvalue weighted by Gasteiger charge is 2.23. The Bertz CT molecular complexity index is 983. The second kappa shape index (κ2) is 6.13. The minimum Gasteiger partial charge on any atom is -0.491 e. The van der Waals surface area contributed by atoms with E-state index in [4.69, 9.17) is 4.74 Å². The minimum atomic E-state index is 0.675. The van der Waals surface area contributed by atoms with Crippen LogP contribution >= 0.6 is 0 Å². The van der Waals surface area contributed by atoms with E-state index in [1.807, 2.05) is 6.92 Å². The van der Waals surface area contributed by atoms with E-state index < -0.39 is 0 Å². The third kappa shape index (κ3) is 2.52. The van der Waals surface area contributed by atoms with Crippen LogP contribution in [-0.2, 0) is 6.42 Å². The minimum absolute atomic E-state index is 0.675. The lowest BCUT2D eigenvalue weighted by Crippen LogP contribution is -2.26. The fraction of sp³-hybridized carbons (Fsp3) is 0.409. The average Bonchev–Trinajstić information content (AvgIpc) is 2.91. The van der Waals surface area contributed by atoms with Gasteiger partial charge in [0.2, 0.25) is 0 Å². The zero-order valence-corrected chi connectivity index (χ0v) is 15.5. The predicted molar refractivity (Wildman–Crippen MR) is 105 cm³/mol. The number of hydrogen-bond acceptors (Lipinski definition) is 3. The zero-order chi connectivity index (χ0) is 17.7. The van der Waals surface area contributed by atoms with E-state index in [2.05, 4.69) is 46.5 Å². The monoisotopic (exact) mass is 347 g/mol. The number of ether oxygens (including phenoxy) is 1. The van der Waals surface area contributed by atoms with Crippen molar-refractivity contribution in [2.24, 2.45) is 0 Å². The molecule has 0 spiro atoms. The Morgan fingerprint density at radius 3 is 2.81 bits per heavy atom. The van der Waals surface area contributed by atoms with E-state index >= 15 is 0 Å². The number of fused-ring (bicyclic) bond motifs is 5. The third-order valence-electron chi connectivity index (χ3n) is 5.88. The smallest absolute Gasteiger partial charge is 0.149 e. The number of aromatic amines is 1. The molecule has 0 bridgehead atoms. The second-order valence-electron chi connectivity index (χ2n) is 7.63. The normalized spacial score (nSPS) is 17.5. The maximum atomic E-state index is 6.08. The highest BCUT2D eigenvalue weighted by molar-refractivity contribution is 5.93. The van der Waals surface area contributed by atoms with E-state index in [-0.39, 0.29) is 0 Å². The summed E-state index contributed by atoms with van der Waals surface area (Å²) in [5.74, 6) is 1.61. The van der Waals surface area contributed by atoms with Crippen molar-refractivity contribution >= 4 is 10.9 Å². The lowest BCUT2D eigenvalue weighted by Gasteiger charge is -2.23. The van der Waals surface area contributed by atoms with Crippen molar-refractivity contribution in [3.8, 4) is 17.0 Å². The van der Waals surface area contributed by atoms with Gasteiger partial charge in [-0.25, -0.2) is 0 Å². The van der Waals surface area contributed by atoms with Crippen LogP contribution < -0.4 is 10.1 Å². The number of aryl methyl sites for hydroxylation is 2. The van der Waals surface area contributed by atoms with Crippen LogP contribution in [0.1, 0.15) is 41.3 Å². The summed E-state index contributed by atoms with van der Waals surface area (Å²) < 4.78 is 6.08. The predicted octanol–water partition coefficient (Wildman–Crippen LogP) is 4.25. The highest BCUT2D eigenvalue weighted by Crippen LogP contribution is 2.41. The van der Waals surface area contributed by atoms with Crippen LogP contribution in [0.5, 0.6) is 5.75 Å². The van der Waals surface area contributed by atoms with Gasteiger partial charge in [-0.3, -0.25) is 4.98 Å². The average molecular weight is 347 g/mol. The maximum Gasteiger partial charge on any atom is 0.149 e. The molecule has 2 aliphatic heterocycles. The molecule has 0 aliphatic carbocycles. The van der Waals surface area contributed by atoms with Crippen LogP contribution in [0, 0.1) is 13.8 Å². The molecule has 0 radical (unpaired) electrons. The lowest BCUT2D eigenvalue weighted by atomic mass is 9.89. The van der Waals surface area contributed by atoms with Gasteiger partial charge in [-0.1, -0.05) is 6.07 Å². The molecule has 3 aromatic rings. The van der Waals surface area contributed by atoms with Gasteiger partial charge in [-0.15, -0.1) is 0 Å². The number of H-pyrrole nitrogens is 1. The fourth-order valence-corrected chi connectivity index (χ4v) is 4.60. The molecule has 4 heteroatoms. The summed E-state index contributed by atoms with van der Waals surface area (Å²) in [7, 11) is 0. The summed E-state index contributed by atoms with van der Waals surface area (Å²) in [5.41, 5.74) is 8.47. The first kappa shape index (κ1) is 15.9. The zero-order valence-electron chi connectivity index (χ0n) is 15.5. The van der Waals surface area contributed by atoms with Crippen LogP contribution in [0.25, 0.3) is 22.2 Å². The molecule has 0 saturated carbocycles. The molecule has 1 aromatic carbocycles. The summed E-state index contributed by atoms with van der Waals surface area (Å²) in [6.45, 7) is 7.04. The second-order valence-corrected chi connectivity index (χ2v) is 7.63. The Labute approximate surface area is 154 Å². The van der Waals surface area contributed by atoms with Crippen molar-refractivity contribution < 1.29 is 4.74 Å². The summed E-state index contributed by atoms with van der Waals surface area (Å²) >= 11 is 0. The van der Waals surface area contributed by atoms with Crippen LogP contribution in [0.2, 0.25) is 0 Å². The topological polar surface area (TPSA) is 49.9 Å². The van der Waals surface area contributed by atoms with Crippen LogP contribution in [0.4, 0.5) is 0 Å². The first-order valence-electron chi connectivity index (χ1n) is 9.67. The van der Waals surface area contributed by atoms with Crippen LogP contribution in [0.15, 0.2) is 24.3 Å². The van der Waals surface area contributed by atoms with E-state index in [0.717, 1.165) is 42.2 Å². The van der Waals surface area contributed by atoms with Crippen molar-refractivity contribution in [2.45, 2.75) is 39.0 Å². The number of nitrogens with zero attached hydrogens (tertiary/aromatic N) is 1. The molecule has 5 rings (SSSR count). The van der Waals surface area contributed by atoms with E-state index in [0.29, 0.717) is 12.5 Å². The lowest BCUT2D eigenvalue weighted by molar-refractivity contribution is 0.323. The molecule has 26 heavy (non-hydrogen) atoms. The summed E-state index contributed by atoms with van der Waals surface area (Å²) in [5, 5.41) is 4.83. The molecule has 1 saturated heterocycles. The van der Waals surface area contributed by atoms with Crippen molar-refractivity contribution in [2.75, 3.05) is 19.7 Å². The number of pyridine rings is 1. The van der Waals surface area contributed by atoms with Crippen molar-refractivity contribution in [3.63, 3.8) is 0 Å². The van der Waals surface area contributed by atoms with Gasteiger partial charge < -0.3 is 15.0 Å². The number of hydrogen-bond donors (Lipinski definition) is 2. The molecule has 2 aromatic heterocycles. The van der Waals surface area contributed by atoms with Crippen molar-refractivity contribution in [1.29, 1.82) is 0 Å². The number of nitrogens with one attached hydrogen (secondary N) is 2. The van der Waals surface area contributed by atoms with Gasteiger partial charge in [0, 0.05) is 28.6 Å². The van der Waals surface area contributed by atoms with Crippen LogP contribution in [-0.4, -0.2) is 29.7 Å². The standard InChI is InChI=1S/C22H25N3O/c1-13-11-19-21-17(7-10-26-22(19)14(2)24-13)18-12-16(3-4-20(18)25-21)15-5-8-23-9-6-15/h3-4,11-12,15,23,25H,5-10H2,1-2H3. The maximum absolute atomic E-state index is 6.08. The van der Waals surface area contributed by atoms with Crippen LogP contribution in [0.3, 0.4) is 0 Å². The third-order valence-corrected chi connectivity index (χ3v) is 5.88. The number of aromatic nitrogens is 2. The van der Waals surface area contributed by atoms with Gasteiger partial charge in [0.1, 0.15) is 5.75 Å². The van der Waals surface area contributed by atoms with Gasteiger partial charge >= 0.3 is 0 Å². The molecule has 0 amide bonds. The SMILES string of the molecule is Cc1cc2c(c(C)n1)OCCc1c-2[nH]c2ccc(C3CCNCC3)cc12. The van der Waals surface area contributed by atoms with E-state index in [1.54, 1.807) is 0 Å². The molecular formula is C22H25N3O. The molecule has 2 aliphatic rings. The van der Waals surface area contributed by atoms with E-state index in [1.165, 1.54) is 40.6 Å². The number of piperidine rings is 1. The van der Waals surface area contributed by atoms with E-state index in [9.17, 15) is 0 Å².